The zero-order valence-electron chi connectivity index (χ0n) is 9.29. The molecule has 82 valence electrons. The fourth-order valence-electron chi connectivity index (χ4n) is 2.92. The molecule has 2 nitrogen and oxygen atoms in total. The second-order valence-electron chi connectivity index (χ2n) is 5.09. The summed E-state index contributed by atoms with van der Waals surface area (Å²) in [6.45, 7) is 7.56. The van der Waals surface area contributed by atoms with Crippen molar-refractivity contribution in [3.63, 3.8) is 0 Å². The molecular formula is C11H20FNO. The fraction of sp³-hybridized carbons (Fsp3) is 1.00. The first-order valence-corrected chi connectivity index (χ1v) is 5.56. The van der Waals surface area contributed by atoms with E-state index in [2.05, 4.69) is 11.8 Å². The summed E-state index contributed by atoms with van der Waals surface area (Å²) in [5.41, 5.74) is 0.0447. The Kier molecular flexibility index (Phi) is 2.56. The smallest absolute Gasteiger partial charge is 0.115 e. The molecular weight excluding hydrogens is 181 g/mol. The predicted octanol–water partition coefficient (Wildman–Crippen LogP) is 1.99. The van der Waals surface area contributed by atoms with Gasteiger partial charge in [0.1, 0.15) is 6.17 Å². The number of hydrogen-bond acceptors (Lipinski definition) is 2. The molecule has 0 bridgehead atoms. The Hall–Kier alpha value is -0.150. The minimum atomic E-state index is -0.643. The molecule has 0 aliphatic carbocycles. The maximum atomic E-state index is 13.3. The van der Waals surface area contributed by atoms with Crippen molar-refractivity contribution in [2.75, 3.05) is 13.2 Å². The van der Waals surface area contributed by atoms with Crippen molar-refractivity contribution in [3.05, 3.63) is 0 Å². The number of ether oxygens (including phenoxy) is 1. The molecule has 3 atom stereocenters. The first-order valence-electron chi connectivity index (χ1n) is 5.56. The SMILES string of the molecule is CC(C)OC[C@]12C[C@H](F)CN1[C@@H](C)C2. The van der Waals surface area contributed by atoms with Crippen LogP contribution in [0.2, 0.25) is 0 Å². The summed E-state index contributed by atoms with van der Waals surface area (Å²) in [5.74, 6) is 0. The van der Waals surface area contributed by atoms with Gasteiger partial charge >= 0.3 is 0 Å². The van der Waals surface area contributed by atoms with E-state index in [-0.39, 0.29) is 11.6 Å². The van der Waals surface area contributed by atoms with Crippen LogP contribution < -0.4 is 0 Å². The highest BCUT2D eigenvalue weighted by Gasteiger charge is 2.56. The summed E-state index contributed by atoms with van der Waals surface area (Å²) in [7, 11) is 0. The molecule has 3 heteroatoms. The molecule has 2 aliphatic heterocycles. The van der Waals surface area contributed by atoms with Gasteiger partial charge < -0.3 is 4.74 Å². The molecule has 0 aromatic carbocycles. The van der Waals surface area contributed by atoms with E-state index in [0.29, 0.717) is 25.6 Å². The fourth-order valence-corrected chi connectivity index (χ4v) is 2.92. The molecule has 2 fully saturated rings. The van der Waals surface area contributed by atoms with Gasteiger partial charge in [0, 0.05) is 24.5 Å². The van der Waals surface area contributed by atoms with E-state index < -0.39 is 6.17 Å². The maximum absolute atomic E-state index is 13.3. The van der Waals surface area contributed by atoms with Gasteiger partial charge in [-0.15, -0.1) is 0 Å². The summed E-state index contributed by atoms with van der Waals surface area (Å²) in [5, 5.41) is 0. The number of rotatable bonds is 3. The Morgan fingerprint density at radius 1 is 1.50 bits per heavy atom. The molecule has 2 heterocycles. The lowest BCUT2D eigenvalue weighted by atomic mass is 9.80. The summed E-state index contributed by atoms with van der Waals surface area (Å²) >= 11 is 0. The average molecular weight is 201 g/mol. The van der Waals surface area contributed by atoms with Crippen LogP contribution in [0.5, 0.6) is 0 Å². The largest absolute Gasteiger partial charge is 0.377 e. The van der Waals surface area contributed by atoms with Crippen LogP contribution in [0.3, 0.4) is 0 Å². The van der Waals surface area contributed by atoms with E-state index in [4.69, 9.17) is 4.74 Å². The maximum Gasteiger partial charge on any atom is 0.115 e. The van der Waals surface area contributed by atoms with Gasteiger partial charge in [0.2, 0.25) is 0 Å². The van der Waals surface area contributed by atoms with Crippen molar-refractivity contribution in [2.45, 2.75) is 57.5 Å². The van der Waals surface area contributed by atoms with Gasteiger partial charge in [-0.2, -0.15) is 0 Å². The zero-order valence-corrected chi connectivity index (χ0v) is 9.29. The van der Waals surface area contributed by atoms with E-state index in [1.54, 1.807) is 0 Å². The molecule has 0 N–H and O–H groups in total. The van der Waals surface area contributed by atoms with Crippen LogP contribution in [0.4, 0.5) is 4.39 Å². The van der Waals surface area contributed by atoms with Crippen molar-refractivity contribution in [2.24, 2.45) is 0 Å². The lowest BCUT2D eigenvalue weighted by Crippen LogP contribution is -2.63. The Labute approximate surface area is 85.4 Å². The van der Waals surface area contributed by atoms with Crippen molar-refractivity contribution in [3.8, 4) is 0 Å². The molecule has 0 aromatic heterocycles. The molecule has 2 saturated heterocycles. The molecule has 2 rings (SSSR count). The second kappa shape index (κ2) is 3.46. The van der Waals surface area contributed by atoms with E-state index in [0.717, 1.165) is 6.42 Å². The lowest BCUT2D eigenvalue weighted by Gasteiger charge is -2.53. The van der Waals surface area contributed by atoms with Gasteiger partial charge in [-0.05, 0) is 27.2 Å². The molecule has 0 spiro atoms. The Balaban J connectivity index is 1.95. The number of fused-ring (bicyclic) bond motifs is 1. The van der Waals surface area contributed by atoms with Gasteiger partial charge in [-0.3, -0.25) is 4.90 Å². The third-order valence-corrected chi connectivity index (χ3v) is 3.50. The predicted molar refractivity (Wildman–Crippen MR) is 54.1 cm³/mol. The first kappa shape index (κ1) is 10.4. The van der Waals surface area contributed by atoms with Crippen LogP contribution in [0.1, 0.15) is 33.6 Å². The van der Waals surface area contributed by atoms with E-state index >= 15 is 0 Å². The standard InChI is InChI=1S/C11H20FNO/c1-8(2)14-7-11-4-9(3)13(11)6-10(12)5-11/h8-10H,4-7H2,1-3H3/t9-,10-,11-/m0/s1. The number of nitrogens with zero attached hydrogens (tertiary/aromatic N) is 1. The Morgan fingerprint density at radius 3 is 2.79 bits per heavy atom. The second-order valence-corrected chi connectivity index (χ2v) is 5.09. The molecule has 0 amide bonds. The number of alkyl halides is 1. The highest BCUT2D eigenvalue weighted by molar-refractivity contribution is 5.10. The van der Waals surface area contributed by atoms with Crippen molar-refractivity contribution < 1.29 is 9.13 Å². The van der Waals surface area contributed by atoms with Crippen molar-refractivity contribution in [1.82, 2.24) is 4.90 Å². The third kappa shape index (κ3) is 1.57. The first-order chi connectivity index (χ1) is 6.53. The monoisotopic (exact) mass is 201 g/mol. The topological polar surface area (TPSA) is 12.5 Å². The quantitative estimate of drug-likeness (QED) is 0.692. The van der Waals surface area contributed by atoms with Crippen molar-refractivity contribution >= 4 is 0 Å². The molecule has 0 unspecified atom stereocenters. The van der Waals surface area contributed by atoms with Gasteiger partial charge in [0.05, 0.1) is 12.7 Å². The minimum Gasteiger partial charge on any atom is -0.377 e. The molecule has 0 saturated carbocycles. The lowest BCUT2D eigenvalue weighted by molar-refractivity contribution is -0.0960. The van der Waals surface area contributed by atoms with Gasteiger partial charge in [-0.1, -0.05) is 0 Å². The molecule has 14 heavy (non-hydrogen) atoms. The van der Waals surface area contributed by atoms with E-state index in [9.17, 15) is 4.39 Å². The van der Waals surface area contributed by atoms with Crippen molar-refractivity contribution in [1.29, 1.82) is 0 Å². The van der Waals surface area contributed by atoms with Crippen LogP contribution in [0, 0.1) is 0 Å². The van der Waals surface area contributed by atoms with Crippen LogP contribution in [-0.4, -0.2) is 41.9 Å². The normalized spacial score (nSPS) is 42.6. The van der Waals surface area contributed by atoms with Crippen LogP contribution in [0.25, 0.3) is 0 Å². The van der Waals surface area contributed by atoms with E-state index in [1.165, 1.54) is 0 Å². The van der Waals surface area contributed by atoms with Crippen LogP contribution in [0.15, 0.2) is 0 Å². The molecule has 0 radical (unpaired) electrons. The summed E-state index contributed by atoms with van der Waals surface area (Å²) in [6.07, 6.45) is 1.38. The zero-order chi connectivity index (χ0) is 10.3. The molecule has 2 aliphatic rings. The Bertz CT molecular complexity index is 221. The highest BCUT2D eigenvalue weighted by Crippen LogP contribution is 2.46. The highest BCUT2D eigenvalue weighted by atomic mass is 19.1. The van der Waals surface area contributed by atoms with Crippen LogP contribution in [-0.2, 0) is 4.74 Å². The van der Waals surface area contributed by atoms with Gasteiger partial charge in [-0.25, -0.2) is 4.39 Å². The van der Waals surface area contributed by atoms with Gasteiger partial charge in [0.25, 0.3) is 0 Å². The molecule has 0 aromatic rings. The minimum absolute atomic E-state index is 0.0447. The third-order valence-electron chi connectivity index (χ3n) is 3.50. The van der Waals surface area contributed by atoms with Crippen LogP contribution >= 0.6 is 0 Å². The van der Waals surface area contributed by atoms with Gasteiger partial charge in [0.15, 0.2) is 0 Å². The number of halogens is 1. The summed E-state index contributed by atoms with van der Waals surface area (Å²) in [4.78, 5) is 2.28. The van der Waals surface area contributed by atoms with E-state index in [1.807, 2.05) is 13.8 Å². The summed E-state index contributed by atoms with van der Waals surface area (Å²) < 4.78 is 18.9. The average Bonchev–Trinajstić information content (AvgIpc) is 2.35. The Morgan fingerprint density at radius 2 is 2.21 bits per heavy atom. The number of hydrogen-bond donors (Lipinski definition) is 0. The summed E-state index contributed by atoms with van der Waals surface area (Å²) in [6, 6.07) is 0.548.